The second kappa shape index (κ2) is 9.53. The molecule has 2 aromatic rings. The van der Waals surface area contributed by atoms with Crippen LogP contribution in [0.3, 0.4) is 0 Å². The average Bonchev–Trinajstić information content (AvgIpc) is 2.63. The van der Waals surface area contributed by atoms with Crippen LogP contribution in [-0.4, -0.2) is 37.6 Å². The number of nitrogens with one attached hydrogen (secondary N) is 1. The first-order chi connectivity index (χ1) is 12.5. The molecule has 2 N–H and O–H groups in total. The molecule has 8 heteroatoms. The number of para-hydroxylation sites is 2. The molecule has 0 radical (unpaired) electrons. The first-order valence-electron chi connectivity index (χ1n) is 7.78. The number of hydrogen-bond acceptors (Lipinski definition) is 6. The summed E-state index contributed by atoms with van der Waals surface area (Å²) in [5, 5.41) is 14.1. The van der Waals surface area contributed by atoms with Gasteiger partial charge in [-0.25, -0.2) is 5.43 Å². The number of benzene rings is 2. The van der Waals surface area contributed by atoms with Crippen LogP contribution in [0.25, 0.3) is 0 Å². The lowest BCUT2D eigenvalue weighted by Gasteiger charge is -2.10. The SMILES string of the molecule is CCOc1ccccc1OCC(=O)N/N=C\c1cc(Cl)cc(OC)c1O. The number of aromatic hydroxyl groups is 1. The van der Waals surface area contributed by atoms with E-state index in [1.165, 1.54) is 25.5 Å². The van der Waals surface area contributed by atoms with E-state index in [0.717, 1.165) is 0 Å². The Morgan fingerprint density at radius 1 is 1.23 bits per heavy atom. The number of phenolic OH excluding ortho intramolecular Hbond substituents is 1. The van der Waals surface area contributed by atoms with Crippen LogP contribution in [-0.2, 0) is 4.79 Å². The molecule has 0 heterocycles. The van der Waals surface area contributed by atoms with E-state index in [1.807, 2.05) is 13.0 Å². The van der Waals surface area contributed by atoms with E-state index < -0.39 is 5.91 Å². The Bertz CT molecular complexity index is 795. The summed E-state index contributed by atoms with van der Waals surface area (Å²) < 4.78 is 15.8. The molecule has 0 aliphatic heterocycles. The lowest BCUT2D eigenvalue weighted by Crippen LogP contribution is -2.24. The Morgan fingerprint density at radius 2 is 1.92 bits per heavy atom. The van der Waals surface area contributed by atoms with Crippen molar-refractivity contribution in [3.8, 4) is 23.0 Å². The van der Waals surface area contributed by atoms with Crippen LogP contribution in [0.5, 0.6) is 23.0 Å². The van der Waals surface area contributed by atoms with Crippen LogP contribution in [0.1, 0.15) is 12.5 Å². The van der Waals surface area contributed by atoms with Crippen molar-refractivity contribution in [1.82, 2.24) is 5.43 Å². The molecule has 26 heavy (non-hydrogen) atoms. The van der Waals surface area contributed by atoms with Gasteiger partial charge in [0.1, 0.15) is 0 Å². The average molecular weight is 379 g/mol. The monoisotopic (exact) mass is 378 g/mol. The Labute approximate surface area is 156 Å². The molecule has 0 aromatic heterocycles. The standard InChI is InChI=1S/C18H19ClN2O5/c1-3-25-14-6-4-5-7-15(14)26-11-17(22)21-20-10-12-8-13(19)9-16(24-2)18(12)23/h4-10,23H,3,11H2,1-2H3,(H,21,22)/b20-10-. The molecular weight excluding hydrogens is 360 g/mol. The number of ether oxygens (including phenoxy) is 3. The van der Waals surface area contributed by atoms with Gasteiger partial charge in [0.25, 0.3) is 5.91 Å². The van der Waals surface area contributed by atoms with Crippen LogP contribution < -0.4 is 19.6 Å². The van der Waals surface area contributed by atoms with Crippen molar-refractivity contribution in [2.45, 2.75) is 6.92 Å². The van der Waals surface area contributed by atoms with Crippen molar-refractivity contribution >= 4 is 23.7 Å². The quantitative estimate of drug-likeness (QED) is 0.544. The Hall–Kier alpha value is -2.93. The van der Waals surface area contributed by atoms with Gasteiger partial charge in [0, 0.05) is 16.7 Å². The predicted octanol–water partition coefficient (Wildman–Crippen LogP) is 2.98. The number of phenols is 1. The maximum absolute atomic E-state index is 11.8. The molecule has 0 bridgehead atoms. The van der Waals surface area contributed by atoms with Gasteiger partial charge in [0.05, 0.1) is 19.9 Å². The molecule has 138 valence electrons. The van der Waals surface area contributed by atoms with Crippen LogP contribution in [0.2, 0.25) is 5.02 Å². The lowest BCUT2D eigenvalue weighted by molar-refractivity contribution is -0.123. The summed E-state index contributed by atoms with van der Waals surface area (Å²) in [6.45, 7) is 2.11. The topological polar surface area (TPSA) is 89.4 Å². The van der Waals surface area contributed by atoms with Crippen LogP contribution >= 0.6 is 11.6 Å². The molecule has 0 saturated carbocycles. The van der Waals surface area contributed by atoms with E-state index in [9.17, 15) is 9.90 Å². The number of rotatable bonds is 8. The molecule has 0 saturated heterocycles. The van der Waals surface area contributed by atoms with Gasteiger partial charge in [-0.05, 0) is 25.1 Å². The van der Waals surface area contributed by atoms with Gasteiger partial charge in [-0.3, -0.25) is 4.79 Å². The van der Waals surface area contributed by atoms with E-state index >= 15 is 0 Å². The molecule has 2 aromatic carbocycles. The fraction of sp³-hybridized carbons (Fsp3) is 0.222. The Morgan fingerprint density at radius 3 is 2.58 bits per heavy atom. The first kappa shape index (κ1) is 19.4. The van der Waals surface area contributed by atoms with Gasteiger partial charge in [0.2, 0.25) is 0 Å². The highest BCUT2D eigenvalue weighted by Gasteiger charge is 2.09. The molecule has 1 amide bonds. The zero-order chi connectivity index (χ0) is 18.9. The third-order valence-electron chi connectivity index (χ3n) is 3.19. The minimum atomic E-state index is -0.471. The Balaban J connectivity index is 1.93. The van der Waals surface area contributed by atoms with Gasteiger partial charge in [-0.2, -0.15) is 5.10 Å². The highest BCUT2D eigenvalue weighted by molar-refractivity contribution is 6.31. The van der Waals surface area contributed by atoms with Crippen molar-refractivity contribution in [3.05, 3.63) is 47.0 Å². The van der Waals surface area contributed by atoms with Gasteiger partial charge in [0.15, 0.2) is 29.6 Å². The number of nitrogens with zero attached hydrogens (tertiary/aromatic N) is 1. The number of methoxy groups -OCH3 is 1. The molecule has 7 nitrogen and oxygen atoms in total. The number of carbonyl (C=O) groups is 1. The normalized spacial score (nSPS) is 10.6. The number of halogens is 1. The third-order valence-corrected chi connectivity index (χ3v) is 3.41. The highest BCUT2D eigenvalue weighted by atomic mass is 35.5. The van der Waals surface area contributed by atoms with E-state index in [4.69, 9.17) is 25.8 Å². The van der Waals surface area contributed by atoms with Gasteiger partial charge < -0.3 is 19.3 Å². The molecule has 0 aliphatic rings. The second-order valence-corrected chi connectivity index (χ2v) is 5.44. The second-order valence-electron chi connectivity index (χ2n) is 5.01. The zero-order valence-corrected chi connectivity index (χ0v) is 15.1. The first-order valence-corrected chi connectivity index (χ1v) is 8.16. The molecule has 2 rings (SSSR count). The minimum absolute atomic E-state index is 0.128. The summed E-state index contributed by atoms with van der Waals surface area (Å²) in [6.07, 6.45) is 1.26. The molecular formula is C18H19ClN2O5. The van der Waals surface area contributed by atoms with Gasteiger partial charge in [-0.15, -0.1) is 0 Å². The Kier molecular flexibility index (Phi) is 7.11. The molecule has 0 atom stereocenters. The largest absolute Gasteiger partial charge is 0.504 e. The summed E-state index contributed by atoms with van der Waals surface area (Å²) in [5.41, 5.74) is 2.61. The van der Waals surface area contributed by atoms with E-state index in [2.05, 4.69) is 10.5 Å². The summed E-state index contributed by atoms with van der Waals surface area (Å²) in [5.74, 6) is 0.631. The summed E-state index contributed by atoms with van der Waals surface area (Å²) in [7, 11) is 1.41. The fourth-order valence-corrected chi connectivity index (χ4v) is 2.26. The van der Waals surface area contributed by atoms with Gasteiger partial charge in [-0.1, -0.05) is 23.7 Å². The predicted molar refractivity (Wildman–Crippen MR) is 98.5 cm³/mol. The summed E-state index contributed by atoms with van der Waals surface area (Å²) in [4.78, 5) is 11.8. The van der Waals surface area contributed by atoms with E-state index in [-0.39, 0.29) is 18.1 Å². The van der Waals surface area contributed by atoms with Crippen molar-refractivity contribution in [2.75, 3.05) is 20.3 Å². The highest BCUT2D eigenvalue weighted by Crippen LogP contribution is 2.32. The van der Waals surface area contributed by atoms with Crippen LogP contribution in [0.4, 0.5) is 0 Å². The molecule has 0 aliphatic carbocycles. The summed E-state index contributed by atoms with van der Waals surface area (Å²) >= 11 is 5.93. The van der Waals surface area contributed by atoms with E-state index in [0.29, 0.717) is 28.7 Å². The minimum Gasteiger partial charge on any atom is -0.504 e. The van der Waals surface area contributed by atoms with E-state index in [1.54, 1.807) is 18.2 Å². The fourth-order valence-electron chi connectivity index (χ4n) is 2.04. The lowest BCUT2D eigenvalue weighted by atomic mass is 10.2. The molecule has 0 fully saturated rings. The van der Waals surface area contributed by atoms with Gasteiger partial charge >= 0.3 is 0 Å². The number of amides is 1. The van der Waals surface area contributed by atoms with Crippen molar-refractivity contribution in [3.63, 3.8) is 0 Å². The third kappa shape index (κ3) is 5.29. The molecule has 0 unspecified atom stereocenters. The maximum Gasteiger partial charge on any atom is 0.277 e. The van der Waals surface area contributed by atoms with Crippen molar-refractivity contribution in [2.24, 2.45) is 5.10 Å². The van der Waals surface area contributed by atoms with Crippen LogP contribution in [0, 0.1) is 0 Å². The zero-order valence-electron chi connectivity index (χ0n) is 14.4. The van der Waals surface area contributed by atoms with Crippen molar-refractivity contribution < 1.29 is 24.1 Å². The smallest absolute Gasteiger partial charge is 0.277 e. The van der Waals surface area contributed by atoms with Crippen molar-refractivity contribution in [1.29, 1.82) is 0 Å². The number of hydrogen-bond donors (Lipinski definition) is 2. The molecule has 0 spiro atoms. The number of carbonyl (C=O) groups excluding carboxylic acids is 1. The van der Waals surface area contributed by atoms with Crippen LogP contribution in [0.15, 0.2) is 41.5 Å². The number of hydrazone groups is 1. The maximum atomic E-state index is 11.8. The summed E-state index contributed by atoms with van der Waals surface area (Å²) in [6, 6.07) is 10.0.